The van der Waals surface area contributed by atoms with Crippen LogP contribution in [0.5, 0.6) is 0 Å². The quantitative estimate of drug-likeness (QED) is 0.0495. The van der Waals surface area contributed by atoms with Crippen LogP contribution in [0.4, 0.5) is 0 Å². The van der Waals surface area contributed by atoms with Gasteiger partial charge in [-0.3, -0.25) is 4.48 Å². The van der Waals surface area contributed by atoms with Gasteiger partial charge in [0.2, 0.25) is 0 Å². The van der Waals surface area contributed by atoms with Crippen molar-refractivity contribution in [3.8, 4) is 0 Å². The molecule has 0 radical (unpaired) electrons. The number of carbonyl (C=O) groups is 3. The van der Waals surface area contributed by atoms with E-state index >= 15 is 0 Å². The van der Waals surface area contributed by atoms with E-state index < -0.39 is 40.5 Å². The van der Waals surface area contributed by atoms with Crippen LogP contribution < -0.4 is 0 Å². The third-order valence-corrected chi connectivity index (χ3v) is 8.56. The number of unbranched alkanes of at least 4 members (excludes halogenated alkanes) is 15. The highest BCUT2D eigenvalue weighted by Gasteiger charge is 2.55. The summed E-state index contributed by atoms with van der Waals surface area (Å²) in [5.74, 6) is -3.38. The predicted molar refractivity (Wildman–Crippen MR) is 164 cm³/mol. The average Bonchev–Trinajstić information content (AvgIpc) is 2.90. The standard InChI is InChI=1S/C33H61NO6/c1-5-9-10-11-12-13-14-15-16-17-18-19-20-21-22-23-24-25-26-27-34(28(6-2)31(35)36,29(7-3)32(37)38)30(8-4)33(39)40/h22-23,28-30H,5-21,24-27H2,1-4H3,(H2-,35,36,37,38,39,40)/p+1/b23-22+. The number of allylic oxidation sites excluding steroid dienone is 2. The van der Waals surface area contributed by atoms with Crippen molar-refractivity contribution in [3.63, 3.8) is 0 Å². The third kappa shape index (κ3) is 14.1. The summed E-state index contributed by atoms with van der Waals surface area (Å²) < 4.78 is -0.424. The van der Waals surface area contributed by atoms with E-state index in [0.29, 0.717) is 6.42 Å². The number of nitrogens with zero attached hydrogens (tertiary/aromatic N) is 1. The largest absolute Gasteiger partial charge is 0.477 e. The second-order valence-electron chi connectivity index (χ2n) is 11.5. The first-order valence-electron chi connectivity index (χ1n) is 16.4. The highest BCUT2D eigenvalue weighted by Crippen LogP contribution is 2.32. The number of carboxylic acids is 3. The van der Waals surface area contributed by atoms with Crippen molar-refractivity contribution in [2.75, 3.05) is 6.54 Å². The Kier molecular flexibility index (Phi) is 22.7. The molecule has 0 fully saturated rings. The zero-order valence-electron chi connectivity index (χ0n) is 26.2. The Morgan fingerprint density at radius 2 is 0.800 bits per heavy atom. The fraction of sp³-hybridized carbons (Fsp3) is 0.848. The van der Waals surface area contributed by atoms with E-state index in [4.69, 9.17) is 0 Å². The minimum atomic E-state index is -1.13. The van der Waals surface area contributed by atoms with Gasteiger partial charge in [0, 0.05) is 19.3 Å². The summed E-state index contributed by atoms with van der Waals surface area (Å²) in [6.45, 7) is 7.60. The second-order valence-corrected chi connectivity index (χ2v) is 11.5. The number of aliphatic carboxylic acids is 3. The van der Waals surface area contributed by atoms with Crippen molar-refractivity contribution in [3.05, 3.63) is 12.2 Å². The summed E-state index contributed by atoms with van der Waals surface area (Å²) in [6.07, 6.45) is 25.7. The monoisotopic (exact) mass is 568 g/mol. The molecular weight excluding hydrogens is 506 g/mol. The molecular formula is C33H62NO6+. The second kappa shape index (κ2) is 23.8. The van der Waals surface area contributed by atoms with Crippen LogP contribution in [0.25, 0.3) is 0 Å². The molecule has 3 atom stereocenters. The molecule has 0 rings (SSSR count). The minimum absolute atomic E-state index is 0.182. The number of hydrogen-bond donors (Lipinski definition) is 3. The van der Waals surface area contributed by atoms with E-state index in [9.17, 15) is 29.7 Å². The van der Waals surface area contributed by atoms with E-state index in [1.165, 1.54) is 83.5 Å². The summed E-state index contributed by atoms with van der Waals surface area (Å²) in [6, 6.07) is -3.23. The maximum atomic E-state index is 12.3. The molecule has 0 bridgehead atoms. The molecule has 234 valence electrons. The molecule has 0 saturated carbocycles. The molecule has 3 unspecified atom stereocenters. The zero-order valence-corrected chi connectivity index (χ0v) is 26.2. The molecule has 0 aromatic carbocycles. The van der Waals surface area contributed by atoms with Gasteiger partial charge in [0.05, 0.1) is 6.54 Å². The van der Waals surface area contributed by atoms with Crippen molar-refractivity contribution < 1.29 is 34.2 Å². The zero-order chi connectivity index (χ0) is 30.2. The lowest BCUT2D eigenvalue weighted by molar-refractivity contribution is -0.973. The molecule has 0 aliphatic carbocycles. The van der Waals surface area contributed by atoms with Crippen molar-refractivity contribution in [2.24, 2.45) is 0 Å². The Morgan fingerprint density at radius 1 is 0.500 bits per heavy atom. The molecule has 0 saturated heterocycles. The van der Waals surface area contributed by atoms with Crippen molar-refractivity contribution in [1.29, 1.82) is 0 Å². The van der Waals surface area contributed by atoms with E-state index in [1.54, 1.807) is 20.8 Å². The SMILES string of the molecule is CCCCCCCCCCCCCCC/C=C/CCCC[N+](C(CC)C(=O)O)(C(CC)C(=O)O)C(CC)C(=O)O. The molecule has 7 heteroatoms. The van der Waals surface area contributed by atoms with Gasteiger partial charge in [-0.2, -0.15) is 0 Å². The van der Waals surface area contributed by atoms with Gasteiger partial charge in [-0.1, -0.05) is 117 Å². The normalized spacial score (nSPS) is 15.5. The van der Waals surface area contributed by atoms with Crippen LogP contribution in [0.1, 0.15) is 156 Å². The van der Waals surface area contributed by atoms with Gasteiger partial charge in [0.1, 0.15) is 0 Å². The first-order valence-corrected chi connectivity index (χ1v) is 16.4. The van der Waals surface area contributed by atoms with Gasteiger partial charge in [-0.25, -0.2) is 14.4 Å². The van der Waals surface area contributed by atoms with Crippen LogP contribution in [0.2, 0.25) is 0 Å². The fourth-order valence-electron chi connectivity index (χ4n) is 6.44. The maximum absolute atomic E-state index is 12.3. The van der Waals surface area contributed by atoms with E-state index in [1.807, 2.05) is 0 Å². The van der Waals surface area contributed by atoms with Crippen LogP contribution >= 0.6 is 0 Å². The Bertz CT molecular complexity index is 652. The lowest BCUT2D eigenvalue weighted by atomic mass is 9.94. The van der Waals surface area contributed by atoms with Crippen LogP contribution in [0.3, 0.4) is 0 Å². The predicted octanol–water partition coefficient (Wildman–Crippen LogP) is 8.60. The number of rotatable bonds is 28. The van der Waals surface area contributed by atoms with Gasteiger partial charge < -0.3 is 15.3 Å². The Hall–Kier alpha value is -1.89. The first kappa shape index (κ1) is 38.1. The van der Waals surface area contributed by atoms with Gasteiger partial charge in [0.15, 0.2) is 18.1 Å². The van der Waals surface area contributed by atoms with Crippen molar-refractivity contribution in [2.45, 2.75) is 174 Å². The Morgan fingerprint density at radius 3 is 1.10 bits per heavy atom. The Labute approximate surface area is 245 Å². The molecule has 0 aliphatic heterocycles. The van der Waals surface area contributed by atoms with Gasteiger partial charge in [-0.05, 0) is 32.1 Å². The van der Waals surface area contributed by atoms with Crippen molar-refractivity contribution >= 4 is 17.9 Å². The van der Waals surface area contributed by atoms with Crippen LogP contribution in [0.15, 0.2) is 12.2 Å². The molecule has 0 spiro atoms. The molecule has 7 nitrogen and oxygen atoms in total. The molecule has 0 aliphatic rings. The maximum Gasteiger partial charge on any atom is 0.362 e. The van der Waals surface area contributed by atoms with Crippen molar-refractivity contribution in [1.82, 2.24) is 0 Å². The number of hydrogen-bond acceptors (Lipinski definition) is 3. The molecule has 3 N–H and O–H groups in total. The average molecular weight is 569 g/mol. The molecule has 0 aromatic rings. The summed E-state index contributed by atoms with van der Waals surface area (Å²) >= 11 is 0. The van der Waals surface area contributed by atoms with Gasteiger partial charge >= 0.3 is 17.9 Å². The third-order valence-electron chi connectivity index (χ3n) is 8.56. The Balaban J connectivity index is 4.57. The summed E-state index contributed by atoms with van der Waals surface area (Å²) in [4.78, 5) is 36.8. The van der Waals surface area contributed by atoms with E-state index in [0.717, 1.165) is 19.3 Å². The molecule has 0 amide bonds. The van der Waals surface area contributed by atoms with Gasteiger partial charge in [0.25, 0.3) is 0 Å². The highest BCUT2D eigenvalue weighted by atomic mass is 16.4. The first-order chi connectivity index (χ1) is 19.2. The summed E-state index contributed by atoms with van der Waals surface area (Å²) in [7, 11) is 0. The molecule has 0 heterocycles. The van der Waals surface area contributed by atoms with Crippen LogP contribution in [0, 0.1) is 0 Å². The van der Waals surface area contributed by atoms with E-state index in [-0.39, 0.29) is 25.8 Å². The topological polar surface area (TPSA) is 112 Å². The smallest absolute Gasteiger partial charge is 0.362 e. The number of quaternary nitrogens is 1. The fourth-order valence-corrected chi connectivity index (χ4v) is 6.44. The van der Waals surface area contributed by atoms with E-state index in [2.05, 4.69) is 19.1 Å². The molecule has 0 aromatic heterocycles. The summed E-state index contributed by atoms with van der Waals surface area (Å²) in [5, 5.41) is 30.0. The number of carboxylic acid groups (broad SMARTS) is 3. The van der Waals surface area contributed by atoms with Crippen LogP contribution in [-0.4, -0.2) is 62.4 Å². The summed E-state index contributed by atoms with van der Waals surface area (Å²) in [5.41, 5.74) is 0. The lowest BCUT2D eigenvalue weighted by Crippen LogP contribution is -2.72. The highest BCUT2D eigenvalue weighted by molar-refractivity contribution is 5.78. The van der Waals surface area contributed by atoms with Gasteiger partial charge in [-0.15, -0.1) is 0 Å². The lowest BCUT2D eigenvalue weighted by Gasteiger charge is -2.49. The van der Waals surface area contributed by atoms with Crippen LogP contribution in [-0.2, 0) is 14.4 Å². The minimum Gasteiger partial charge on any atom is -0.477 e. The molecule has 40 heavy (non-hydrogen) atoms.